The number of carbonyl (C=O) groups excluding carboxylic acids is 1. The summed E-state index contributed by atoms with van der Waals surface area (Å²) in [5.41, 5.74) is 0.818. The molecule has 1 fully saturated rings. The number of carbonyl (C=O) groups is 1. The summed E-state index contributed by atoms with van der Waals surface area (Å²) in [5, 5.41) is 6.08. The Labute approximate surface area is 122 Å². The number of hydrogen-bond acceptors (Lipinski definition) is 4. The van der Waals surface area contributed by atoms with Crippen LogP contribution in [-0.2, 0) is 14.8 Å². The van der Waals surface area contributed by atoms with E-state index in [-0.39, 0.29) is 22.7 Å². The van der Waals surface area contributed by atoms with Gasteiger partial charge in [0.05, 0.1) is 23.0 Å². The van der Waals surface area contributed by atoms with Gasteiger partial charge in [0.15, 0.2) is 0 Å². The van der Waals surface area contributed by atoms with Crippen molar-refractivity contribution in [2.75, 3.05) is 22.8 Å². The van der Waals surface area contributed by atoms with E-state index in [0.29, 0.717) is 5.69 Å². The van der Waals surface area contributed by atoms with Crippen molar-refractivity contribution in [3.8, 4) is 0 Å². The predicted octanol–water partition coefficient (Wildman–Crippen LogP) is 1.40. The first-order valence-electron chi connectivity index (χ1n) is 6.17. The van der Waals surface area contributed by atoms with Gasteiger partial charge < -0.3 is 10.6 Å². The minimum atomic E-state index is -3.38. The third-order valence-corrected chi connectivity index (χ3v) is 3.81. The summed E-state index contributed by atoms with van der Waals surface area (Å²) in [6.07, 6.45) is 2.84. The fourth-order valence-corrected chi connectivity index (χ4v) is 2.87. The van der Waals surface area contributed by atoms with E-state index in [4.69, 9.17) is 11.6 Å². The lowest BCUT2D eigenvalue weighted by molar-refractivity contribution is -0.117. The van der Waals surface area contributed by atoms with Crippen molar-refractivity contribution in [2.45, 2.75) is 18.9 Å². The smallest absolute Gasteiger partial charge is 0.241 e. The van der Waals surface area contributed by atoms with Gasteiger partial charge in [-0.1, -0.05) is 11.6 Å². The zero-order valence-corrected chi connectivity index (χ0v) is 12.5. The van der Waals surface area contributed by atoms with Crippen LogP contribution in [-0.4, -0.2) is 33.2 Å². The van der Waals surface area contributed by atoms with Crippen LogP contribution < -0.4 is 15.4 Å². The first-order valence-corrected chi connectivity index (χ1v) is 8.44. The lowest BCUT2D eigenvalue weighted by atomic mass is 10.2. The van der Waals surface area contributed by atoms with E-state index in [9.17, 15) is 13.2 Å². The van der Waals surface area contributed by atoms with Crippen molar-refractivity contribution in [3.05, 3.63) is 23.2 Å². The summed E-state index contributed by atoms with van der Waals surface area (Å²) in [6, 6.07) is 4.46. The molecule has 3 N–H and O–H groups in total. The van der Waals surface area contributed by atoms with Crippen LogP contribution in [0.1, 0.15) is 12.8 Å². The maximum Gasteiger partial charge on any atom is 0.241 e. The zero-order valence-electron chi connectivity index (χ0n) is 10.9. The minimum absolute atomic E-state index is 0.109. The van der Waals surface area contributed by atoms with Gasteiger partial charge in [0, 0.05) is 5.69 Å². The second-order valence-electron chi connectivity index (χ2n) is 4.71. The summed E-state index contributed by atoms with van der Waals surface area (Å²) in [5.74, 6) is -0.109. The molecule has 0 saturated carbocycles. The van der Waals surface area contributed by atoms with Gasteiger partial charge in [-0.2, -0.15) is 0 Å². The number of amides is 1. The first-order chi connectivity index (χ1) is 9.35. The molecule has 0 radical (unpaired) electrons. The molecule has 1 atom stereocenters. The second kappa shape index (κ2) is 5.99. The third kappa shape index (κ3) is 4.09. The van der Waals surface area contributed by atoms with Crippen molar-refractivity contribution >= 4 is 38.9 Å². The van der Waals surface area contributed by atoms with Gasteiger partial charge in [0.25, 0.3) is 0 Å². The van der Waals surface area contributed by atoms with Gasteiger partial charge in [-0.3, -0.25) is 9.52 Å². The molecule has 1 amide bonds. The molecule has 1 aliphatic rings. The molecule has 1 heterocycles. The number of sulfonamides is 1. The largest absolute Gasteiger partial charge is 0.325 e. The fourth-order valence-electron chi connectivity index (χ4n) is 2.01. The van der Waals surface area contributed by atoms with Crippen LogP contribution in [0.5, 0.6) is 0 Å². The van der Waals surface area contributed by atoms with Gasteiger partial charge in [-0.15, -0.1) is 0 Å². The second-order valence-corrected chi connectivity index (χ2v) is 6.86. The number of anilines is 2. The van der Waals surface area contributed by atoms with Gasteiger partial charge in [-0.25, -0.2) is 8.42 Å². The van der Waals surface area contributed by atoms with Crippen LogP contribution in [0.4, 0.5) is 11.4 Å². The van der Waals surface area contributed by atoms with Crippen LogP contribution in [0.2, 0.25) is 5.02 Å². The van der Waals surface area contributed by atoms with Crippen LogP contribution in [0, 0.1) is 0 Å². The summed E-state index contributed by atoms with van der Waals surface area (Å²) < 4.78 is 24.6. The van der Waals surface area contributed by atoms with Crippen molar-refractivity contribution in [3.63, 3.8) is 0 Å². The normalized spacial score (nSPS) is 18.8. The molecule has 1 aliphatic heterocycles. The molecule has 110 valence electrons. The Kier molecular flexibility index (Phi) is 4.52. The molecule has 0 unspecified atom stereocenters. The van der Waals surface area contributed by atoms with Crippen molar-refractivity contribution < 1.29 is 13.2 Å². The molecule has 0 aromatic heterocycles. The highest BCUT2D eigenvalue weighted by molar-refractivity contribution is 7.92. The van der Waals surface area contributed by atoms with E-state index in [1.165, 1.54) is 12.1 Å². The molecule has 0 spiro atoms. The maximum absolute atomic E-state index is 11.9. The number of halogens is 1. The van der Waals surface area contributed by atoms with Crippen molar-refractivity contribution in [2.24, 2.45) is 0 Å². The number of nitrogens with one attached hydrogen (secondary N) is 3. The standard InChI is InChI=1S/C12H16ClN3O3S/c1-20(18,19)16-10-5-4-8(7-9(10)13)15-12(17)11-3-2-6-14-11/h4-5,7,11,14,16H,2-3,6H2,1H3,(H,15,17)/t11-/m0/s1. The fraction of sp³-hybridized carbons (Fsp3) is 0.417. The lowest BCUT2D eigenvalue weighted by Crippen LogP contribution is -2.35. The Balaban J connectivity index is 2.07. The molecule has 6 nitrogen and oxygen atoms in total. The van der Waals surface area contributed by atoms with Crippen LogP contribution >= 0.6 is 11.6 Å². The molecule has 1 aromatic carbocycles. The average molecular weight is 318 g/mol. The maximum atomic E-state index is 11.9. The molecule has 1 saturated heterocycles. The Hall–Kier alpha value is -1.31. The molecule has 20 heavy (non-hydrogen) atoms. The third-order valence-electron chi connectivity index (χ3n) is 2.91. The lowest BCUT2D eigenvalue weighted by Gasteiger charge is -2.12. The van der Waals surface area contributed by atoms with Crippen LogP contribution in [0.25, 0.3) is 0 Å². The summed E-state index contributed by atoms with van der Waals surface area (Å²) in [4.78, 5) is 11.9. The van der Waals surface area contributed by atoms with E-state index >= 15 is 0 Å². The molecule has 1 aromatic rings. The molecule has 8 heteroatoms. The molecular formula is C12H16ClN3O3S. The quantitative estimate of drug-likeness (QED) is 0.783. The number of rotatable bonds is 4. The van der Waals surface area contributed by atoms with Gasteiger partial charge in [-0.05, 0) is 37.6 Å². The average Bonchev–Trinajstić information content (AvgIpc) is 2.85. The SMILES string of the molecule is CS(=O)(=O)Nc1ccc(NC(=O)[C@@H]2CCCN2)cc1Cl. The highest BCUT2D eigenvalue weighted by Crippen LogP contribution is 2.26. The van der Waals surface area contributed by atoms with Gasteiger partial charge in [0.1, 0.15) is 0 Å². The number of hydrogen-bond donors (Lipinski definition) is 3. The van der Waals surface area contributed by atoms with E-state index in [1.807, 2.05) is 0 Å². The van der Waals surface area contributed by atoms with E-state index < -0.39 is 10.0 Å². The summed E-state index contributed by atoms with van der Waals surface area (Å²) >= 11 is 5.98. The van der Waals surface area contributed by atoms with Crippen molar-refractivity contribution in [1.29, 1.82) is 0 Å². The Morgan fingerprint density at radius 1 is 1.45 bits per heavy atom. The topological polar surface area (TPSA) is 87.3 Å². The Morgan fingerprint density at radius 2 is 2.20 bits per heavy atom. The Bertz CT molecular complexity index is 612. The minimum Gasteiger partial charge on any atom is -0.325 e. The highest BCUT2D eigenvalue weighted by atomic mass is 35.5. The zero-order chi connectivity index (χ0) is 14.8. The monoisotopic (exact) mass is 317 g/mol. The first kappa shape index (κ1) is 15.1. The van der Waals surface area contributed by atoms with E-state index in [2.05, 4.69) is 15.4 Å². The van der Waals surface area contributed by atoms with Gasteiger partial charge in [0.2, 0.25) is 15.9 Å². The summed E-state index contributed by atoms with van der Waals surface area (Å²) in [6.45, 7) is 0.843. The van der Waals surface area contributed by atoms with Crippen LogP contribution in [0.15, 0.2) is 18.2 Å². The summed E-state index contributed by atoms with van der Waals surface area (Å²) in [7, 11) is -3.38. The van der Waals surface area contributed by atoms with E-state index in [1.54, 1.807) is 6.07 Å². The van der Waals surface area contributed by atoms with Gasteiger partial charge >= 0.3 is 0 Å². The number of benzene rings is 1. The molecule has 2 rings (SSSR count). The molecular weight excluding hydrogens is 302 g/mol. The van der Waals surface area contributed by atoms with Crippen molar-refractivity contribution in [1.82, 2.24) is 5.32 Å². The van der Waals surface area contributed by atoms with Crippen LogP contribution in [0.3, 0.4) is 0 Å². The highest BCUT2D eigenvalue weighted by Gasteiger charge is 2.22. The van der Waals surface area contributed by atoms with E-state index in [0.717, 1.165) is 25.6 Å². The predicted molar refractivity (Wildman–Crippen MR) is 79.6 cm³/mol. The molecule has 0 bridgehead atoms. The Morgan fingerprint density at radius 3 is 2.75 bits per heavy atom. The molecule has 0 aliphatic carbocycles.